The van der Waals surface area contributed by atoms with Gasteiger partial charge in [0.05, 0.1) is 12.3 Å². The second kappa shape index (κ2) is 6.36. The number of nitrogens with zero attached hydrogens (tertiary/aromatic N) is 2. The van der Waals surface area contributed by atoms with Gasteiger partial charge in [0.25, 0.3) is 0 Å². The third-order valence-electron chi connectivity index (χ3n) is 4.44. The average molecular weight is 349 g/mol. The van der Waals surface area contributed by atoms with Gasteiger partial charge in [-0.15, -0.1) is 0 Å². The number of rotatable bonds is 3. The van der Waals surface area contributed by atoms with Crippen molar-refractivity contribution in [3.05, 3.63) is 83.1 Å². The number of hydrogen-bond acceptors (Lipinski definition) is 2. The molecule has 0 fully saturated rings. The number of pyridine rings is 1. The van der Waals surface area contributed by atoms with Crippen molar-refractivity contribution in [2.45, 2.75) is 13.5 Å². The maximum Gasteiger partial charge on any atom is 0.137 e. The summed E-state index contributed by atoms with van der Waals surface area (Å²) in [5.74, 6) is 0. The molecular weight excluding hydrogens is 332 g/mol. The fourth-order valence-corrected chi connectivity index (χ4v) is 3.07. The van der Waals surface area contributed by atoms with Gasteiger partial charge in [-0.3, -0.25) is 0 Å². The van der Waals surface area contributed by atoms with Crippen LogP contribution in [-0.2, 0) is 6.61 Å². The Morgan fingerprint density at radius 1 is 0.920 bits per heavy atom. The molecule has 2 aromatic carbocycles. The van der Waals surface area contributed by atoms with E-state index in [0.29, 0.717) is 5.02 Å². The highest BCUT2D eigenvalue weighted by molar-refractivity contribution is 6.30. The van der Waals surface area contributed by atoms with E-state index in [-0.39, 0.29) is 6.61 Å². The topological polar surface area (TPSA) is 37.5 Å². The predicted molar refractivity (Wildman–Crippen MR) is 102 cm³/mol. The molecule has 0 bridgehead atoms. The van der Waals surface area contributed by atoms with E-state index < -0.39 is 0 Å². The molecule has 25 heavy (non-hydrogen) atoms. The molecule has 0 saturated heterocycles. The third kappa shape index (κ3) is 3.04. The molecule has 124 valence electrons. The molecule has 0 saturated carbocycles. The van der Waals surface area contributed by atoms with Crippen molar-refractivity contribution in [1.29, 1.82) is 0 Å². The van der Waals surface area contributed by atoms with E-state index in [9.17, 15) is 5.11 Å². The van der Waals surface area contributed by atoms with Gasteiger partial charge in [0, 0.05) is 23.0 Å². The fraction of sp³-hybridized carbons (Fsp3) is 0.0952. The summed E-state index contributed by atoms with van der Waals surface area (Å²) < 4.78 is 2.03. The molecule has 0 radical (unpaired) electrons. The summed E-state index contributed by atoms with van der Waals surface area (Å²) in [4.78, 5) is 4.68. The maximum absolute atomic E-state index is 9.49. The fourth-order valence-electron chi connectivity index (χ4n) is 2.94. The van der Waals surface area contributed by atoms with Gasteiger partial charge in [0.2, 0.25) is 0 Å². The first kappa shape index (κ1) is 15.9. The first-order chi connectivity index (χ1) is 12.1. The normalized spacial score (nSPS) is 11.2. The Morgan fingerprint density at radius 2 is 1.64 bits per heavy atom. The molecular formula is C21H17ClN2O. The van der Waals surface area contributed by atoms with E-state index in [2.05, 4.69) is 23.3 Å². The Kier molecular flexibility index (Phi) is 4.04. The van der Waals surface area contributed by atoms with E-state index in [0.717, 1.165) is 39.2 Å². The van der Waals surface area contributed by atoms with Gasteiger partial charge in [-0.05, 0) is 59.5 Å². The number of halogens is 1. The van der Waals surface area contributed by atoms with E-state index in [1.807, 2.05) is 60.0 Å². The minimum absolute atomic E-state index is 0.0493. The highest BCUT2D eigenvalue weighted by atomic mass is 35.5. The lowest BCUT2D eigenvalue weighted by molar-refractivity contribution is 0.281. The van der Waals surface area contributed by atoms with Gasteiger partial charge in [-0.2, -0.15) is 0 Å². The lowest BCUT2D eigenvalue weighted by atomic mass is 10.0. The van der Waals surface area contributed by atoms with Gasteiger partial charge in [-0.25, -0.2) is 4.98 Å². The average Bonchev–Trinajstić information content (AvgIpc) is 3.06. The van der Waals surface area contributed by atoms with Crippen LogP contribution in [0.1, 0.15) is 11.1 Å². The Morgan fingerprint density at radius 3 is 2.40 bits per heavy atom. The SMILES string of the molecule is Cc1ccc(-c2ccc3nc(-c4ccc(Cl)cc4)cn3c2)cc1CO. The van der Waals surface area contributed by atoms with Crippen molar-refractivity contribution in [2.75, 3.05) is 0 Å². The van der Waals surface area contributed by atoms with Crippen LogP contribution in [0.4, 0.5) is 0 Å². The Balaban J connectivity index is 1.76. The first-order valence-electron chi connectivity index (χ1n) is 8.09. The summed E-state index contributed by atoms with van der Waals surface area (Å²) in [6.45, 7) is 2.06. The number of imidazole rings is 1. The van der Waals surface area contributed by atoms with Crippen molar-refractivity contribution < 1.29 is 5.11 Å². The number of aliphatic hydroxyl groups excluding tert-OH is 1. The molecule has 2 aromatic heterocycles. The molecule has 4 heteroatoms. The van der Waals surface area contributed by atoms with Gasteiger partial charge in [0.1, 0.15) is 5.65 Å². The van der Waals surface area contributed by atoms with Crippen LogP contribution in [0, 0.1) is 6.92 Å². The molecule has 4 aromatic rings. The number of aliphatic hydroxyl groups is 1. The van der Waals surface area contributed by atoms with Gasteiger partial charge < -0.3 is 9.51 Å². The van der Waals surface area contributed by atoms with Crippen molar-refractivity contribution in [3.8, 4) is 22.4 Å². The van der Waals surface area contributed by atoms with Crippen LogP contribution >= 0.6 is 11.6 Å². The quantitative estimate of drug-likeness (QED) is 0.557. The zero-order valence-corrected chi connectivity index (χ0v) is 14.5. The van der Waals surface area contributed by atoms with Gasteiger partial charge in [-0.1, -0.05) is 35.9 Å². The zero-order chi connectivity index (χ0) is 17.4. The third-order valence-corrected chi connectivity index (χ3v) is 4.70. The molecule has 1 N–H and O–H groups in total. The van der Waals surface area contributed by atoms with Crippen molar-refractivity contribution in [1.82, 2.24) is 9.38 Å². The lowest BCUT2D eigenvalue weighted by Gasteiger charge is -2.07. The summed E-state index contributed by atoms with van der Waals surface area (Å²) in [5, 5.41) is 10.2. The highest BCUT2D eigenvalue weighted by Gasteiger charge is 2.07. The number of aryl methyl sites for hydroxylation is 1. The Labute approximate surface area is 151 Å². The largest absolute Gasteiger partial charge is 0.392 e. The molecule has 0 aliphatic carbocycles. The molecule has 0 aliphatic rings. The molecule has 0 aliphatic heterocycles. The molecule has 0 unspecified atom stereocenters. The van der Waals surface area contributed by atoms with Crippen molar-refractivity contribution >= 4 is 17.2 Å². The minimum atomic E-state index is 0.0493. The lowest BCUT2D eigenvalue weighted by Crippen LogP contribution is -1.91. The molecule has 2 heterocycles. The van der Waals surface area contributed by atoms with E-state index in [1.165, 1.54) is 0 Å². The number of hydrogen-bond donors (Lipinski definition) is 1. The highest BCUT2D eigenvalue weighted by Crippen LogP contribution is 2.26. The van der Waals surface area contributed by atoms with E-state index >= 15 is 0 Å². The maximum atomic E-state index is 9.49. The van der Waals surface area contributed by atoms with Gasteiger partial charge in [0.15, 0.2) is 0 Å². The summed E-state index contributed by atoms with van der Waals surface area (Å²) in [5.41, 5.74) is 7.05. The van der Waals surface area contributed by atoms with Crippen LogP contribution in [0.5, 0.6) is 0 Å². The smallest absolute Gasteiger partial charge is 0.137 e. The Hall–Kier alpha value is -2.62. The van der Waals surface area contributed by atoms with Crippen molar-refractivity contribution in [3.63, 3.8) is 0 Å². The zero-order valence-electron chi connectivity index (χ0n) is 13.8. The first-order valence-corrected chi connectivity index (χ1v) is 8.47. The summed E-state index contributed by atoms with van der Waals surface area (Å²) in [7, 11) is 0. The summed E-state index contributed by atoms with van der Waals surface area (Å²) >= 11 is 5.96. The van der Waals surface area contributed by atoms with E-state index in [4.69, 9.17) is 11.6 Å². The number of benzene rings is 2. The molecule has 0 amide bonds. The second-order valence-electron chi connectivity index (χ2n) is 6.12. The van der Waals surface area contributed by atoms with Crippen LogP contribution in [0.2, 0.25) is 5.02 Å². The van der Waals surface area contributed by atoms with Crippen molar-refractivity contribution in [2.24, 2.45) is 0 Å². The van der Waals surface area contributed by atoms with Crippen LogP contribution < -0.4 is 0 Å². The van der Waals surface area contributed by atoms with Crippen LogP contribution in [0.15, 0.2) is 67.0 Å². The minimum Gasteiger partial charge on any atom is -0.392 e. The second-order valence-corrected chi connectivity index (χ2v) is 6.55. The van der Waals surface area contributed by atoms with Crippen LogP contribution in [-0.4, -0.2) is 14.5 Å². The van der Waals surface area contributed by atoms with Crippen LogP contribution in [0.3, 0.4) is 0 Å². The molecule has 3 nitrogen and oxygen atoms in total. The Bertz CT molecular complexity index is 1050. The standard InChI is InChI=1S/C21H17ClN2O/c1-14-2-3-16(10-18(14)13-25)17-6-9-21-23-20(12-24(21)11-17)15-4-7-19(22)8-5-15/h2-12,25H,13H2,1H3. The van der Waals surface area contributed by atoms with Crippen LogP contribution in [0.25, 0.3) is 28.0 Å². The summed E-state index contributed by atoms with van der Waals surface area (Å²) in [6, 6.07) is 17.9. The summed E-state index contributed by atoms with van der Waals surface area (Å²) in [6.07, 6.45) is 4.08. The molecule has 4 rings (SSSR count). The molecule has 0 spiro atoms. The monoisotopic (exact) mass is 348 g/mol. The molecule has 0 atom stereocenters. The van der Waals surface area contributed by atoms with Gasteiger partial charge >= 0.3 is 0 Å². The van der Waals surface area contributed by atoms with E-state index in [1.54, 1.807) is 0 Å². The number of aromatic nitrogens is 2. The number of fused-ring (bicyclic) bond motifs is 1. The predicted octanol–water partition coefficient (Wildman–Crippen LogP) is 5.12.